The highest BCUT2D eigenvalue weighted by atomic mass is 32.2. The second-order valence-electron chi connectivity index (χ2n) is 4.40. The highest BCUT2D eigenvalue weighted by molar-refractivity contribution is 7.89. The monoisotopic (exact) mass is 320 g/mol. The van der Waals surface area contributed by atoms with Crippen LogP contribution in [0, 0.1) is 0 Å². The molecule has 2 rings (SSSR count). The van der Waals surface area contributed by atoms with Gasteiger partial charge in [0.05, 0.1) is 16.8 Å². The fraction of sp³-hybridized carbons (Fsp3) is 0.143. The van der Waals surface area contributed by atoms with Crippen LogP contribution in [0.3, 0.4) is 0 Å². The Hall–Kier alpha value is -2.45. The third-order valence-corrected chi connectivity index (χ3v) is 4.31. The van der Waals surface area contributed by atoms with E-state index in [9.17, 15) is 13.2 Å². The molecule has 2 amide bonds. The third kappa shape index (κ3) is 4.27. The lowest BCUT2D eigenvalue weighted by Gasteiger charge is -2.08. The molecule has 116 valence electrons. The molecule has 0 aliphatic rings. The maximum absolute atomic E-state index is 11.7. The average molecular weight is 320 g/mol. The predicted octanol–water partition coefficient (Wildman–Crippen LogP) is 1.31. The Morgan fingerprint density at radius 3 is 2.50 bits per heavy atom. The van der Waals surface area contributed by atoms with E-state index in [1.807, 2.05) is 0 Å². The Kier molecular flexibility index (Phi) is 5.08. The molecule has 0 aliphatic heterocycles. The normalized spacial score (nSPS) is 11.0. The van der Waals surface area contributed by atoms with Crippen LogP contribution in [0.1, 0.15) is 5.56 Å². The largest absolute Gasteiger partial charge is 0.334 e. The lowest BCUT2D eigenvalue weighted by Crippen LogP contribution is -2.28. The van der Waals surface area contributed by atoms with Crippen molar-refractivity contribution in [1.29, 1.82) is 0 Å². The number of hydrogen-bond donors (Lipinski definition) is 3. The first kappa shape index (κ1) is 15.9. The van der Waals surface area contributed by atoms with Crippen molar-refractivity contribution < 1.29 is 13.2 Å². The van der Waals surface area contributed by atoms with Crippen molar-refractivity contribution in [3.05, 3.63) is 54.4 Å². The quantitative estimate of drug-likeness (QED) is 0.773. The van der Waals surface area contributed by atoms with Gasteiger partial charge >= 0.3 is 6.03 Å². The Balaban J connectivity index is 1.91. The van der Waals surface area contributed by atoms with Crippen LogP contribution in [0.15, 0.2) is 53.7 Å². The summed E-state index contributed by atoms with van der Waals surface area (Å²) in [4.78, 5) is 15.8. The van der Waals surface area contributed by atoms with E-state index in [2.05, 4.69) is 20.3 Å². The summed E-state index contributed by atoms with van der Waals surface area (Å²) in [6, 6.07) is 9.35. The number of carbonyl (C=O) groups excluding carboxylic acids is 1. The van der Waals surface area contributed by atoms with Crippen LogP contribution >= 0.6 is 0 Å². The molecular weight excluding hydrogens is 304 g/mol. The minimum Gasteiger partial charge on any atom is -0.334 e. The van der Waals surface area contributed by atoms with Gasteiger partial charge in [-0.15, -0.1) is 0 Å². The lowest BCUT2D eigenvalue weighted by molar-refractivity contribution is 0.251. The van der Waals surface area contributed by atoms with Crippen molar-refractivity contribution >= 4 is 21.7 Å². The SMILES string of the molecule is CNS(=O)(=O)c1ccc(CNC(=O)Nc2cccnc2)cc1. The van der Waals surface area contributed by atoms with E-state index in [1.54, 1.807) is 30.5 Å². The molecule has 0 radical (unpaired) electrons. The molecule has 0 fully saturated rings. The fourth-order valence-corrected chi connectivity index (χ4v) is 2.43. The molecule has 0 aliphatic carbocycles. The predicted molar refractivity (Wildman–Crippen MR) is 82.8 cm³/mol. The van der Waals surface area contributed by atoms with Gasteiger partial charge in [-0.2, -0.15) is 0 Å². The Bertz CT molecular complexity index is 730. The topological polar surface area (TPSA) is 100 Å². The van der Waals surface area contributed by atoms with E-state index in [1.165, 1.54) is 25.4 Å². The number of sulfonamides is 1. The van der Waals surface area contributed by atoms with Crippen LogP contribution in [0.25, 0.3) is 0 Å². The maximum atomic E-state index is 11.7. The number of urea groups is 1. The van der Waals surface area contributed by atoms with Gasteiger partial charge < -0.3 is 10.6 Å². The van der Waals surface area contributed by atoms with Crippen molar-refractivity contribution in [3.63, 3.8) is 0 Å². The number of amides is 2. The first-order valence-electron chi connectivity index (χ1n) is 6.48. The fourth-order valence-electron chi connectivity index (χ4n) is 1.70. The number of hydrogen-bond acceptors (Lipinski definition) is 4. The van der Waals surface area contributed by atoms with Gasteiger partial charge in [0.25, 0.3) is 0 Å². The van der Waals surface area contributed by atoms with Crippen molar-refractivity contribution in [2.24, 2.45) is 0 Å². The molecule has 0 saturated heterocycles. The minimum absolute atomic E-state index is 0.179. The number of aromatic nitrogens is 1. The molecule has 22 heavy (non-hydrogen) atoms. The van der Waals surface area contributed by atoms with E-state index in [0.29, 0.717) is 5.69 Å². The maximum Gasteiger partial charge on any atom is 0.319 e. The molecule has 0 bridgehead atoms. The zero-order chi connectivity index (χ0) is 16.0. The molecule has 0 unspecified atom stereocenters. The molecule has 0 atom stereocenters. The number of anilines is 1. The van der Waals surface area contributed by atoms with Crippen molar-refractivity contribution in [2.75, 3.05) is 12.4 Å². The van der Waals surface area contributed by atoms with Crippen molar-refractivity contribution in [1.82, 2.24) is 15.0 Å². The van der Waals surface area contributed by atoms with Gasteiger partial charge in [-0.1, -0.05) is 12.1 Å². The Morgan fingerprint density at radius 1 is 1.18 bits per heavy atom. The Labute approximate surface area is 128 Å². The summed E-state index contributed by atoms with van der Waals surface area (Å²) in [6.07, 6.45) is 3.15. The van der Waals surface area contributed by atoms with Gasteiger partial charge in [0.2, 0.25) is 10.0 Å². The number of carbonyl (C=O) groups is 1. The molecule has 2 aromatic rings. The second kappa shape index (κ2) is 7.01. The molecule has 7 nitrogen and oxygen atoms in total. The average Bonchev–Trinajstić information content (AvgIpc) is 2.54. The van der Waals surface area contributed by atoms with Crippen molar-refractivity contribution in [3.8, 4) is 0 Å². The van der Waals surface area contributed by atoms with Crippen LogP contribution in [-0.2, 0) is 16.6 Å². The summed E-state index contributed by atoms with van der Waals surface area (Å²) < 4.78 is 25.4. The summed E-state index contributed by atoms with van der Waals surface area (Å²) in [7, 11) is -2.09. The first-order valence-corrected chi connectivity index (χ1v) is 7.97. The smallest absolute Gasteiger partial charge is 0.319 e. The van der Waals surface area contributed by atoms with Gasteiger partial charge in [-0.3, -0.25) is 4.98 Å². The minimum atomic E-state index is -3.44. The van der Waals surface area contributed by atoms with Gasteiger partial charge in [0.1, 0.15) is 0 Å². The summed E-state index contributed by atoms with van der Waals surface area (Å²) in [5, 5.41) is 5.32. The van der Waals surface area contributed by atoms with E-state index < -0.39 is 10.0 Å². The number of rotatable bonds is 5. The lowest BCUT2D eigenvalue weighted by atomic mass is 10.2. The van der Waals surface area contributed by atoms with E-state index in [4.69, 9.17) is 0 Å². The molecule has 1 heterocycles. The van der Waals surface area contributed by atoms with Crippen molar-refractivity contribution in [2.45, 2.75) is 11.4 Å². The molecule has 0 saturated carbocycles. The zero-order valence-corrected chi connectivity index (χ0v) is 12.7. The van der Waals surface area contributed by atoms with Gasteiger partial charge in [0.15, 0.2) is 0 Å². The number of nitrogens with zero attached hydrogens (tertiary/aromatic N) is 1. The molecule has 3 N–H and O–H groups in total. The van der Waals surface area contributed by atoms with Gasteiger partial charge in [-0.05, 0) is 36.9 Å². The zero-order valence-electron chi connectivity index (χ0n) is 11.9. The van der Waals surface area contributed by atoms with Crippen LogP contribution in [0.4, 0.5) is 10.5 Å². The Morgan fingerprint density at radius 2 is 1.91 bits per heavy atom. The van der Waals surface area contributed by atoms with E-state index in [0.717, 1.165) is 5.56 Å². The summed E-state index contributed by atoms with van der Waals surface area (Å²) >= 11 is 0. The molecule has 8 heteroatoms. The van der Waals surface area contributed by atoms with Crippen LogP contribution in [-0.4, -0.2) is 26.5 Å². The van der Waals surface area contributed by atoms with Gasteiger partial charge in [0, 0.05) is 12.7 Å². The highest BCUT2D eigenvalue weighted by Crippen LogP contribution is 2.10. The molecule has 1 aromatic carbocycles. The van der Waals surface area contributed by atoms with Crippen LogP contribution in [0.5, 0.6) is 0 Å². The van der Waals surface area contributed by atoms with Crippen LogP contribution in [0.2, 0.25) is 0 Å². The third-order valence-electron chi connectivity index (χ3n) is 2.87. The summed E-state index contributed by atoms with van der Waals surface area (Å²) in [5.74, 6) is 0. The molecular formula is C14H16N4O3S. The summed E-state index contributed by atoms with van der Waals surface area (Å²) in [5.41, 5.74) is 1.38. The molecule has 0 spiro atoms. The second-order valence-corrected chi connectivity index (χ2v) is 6.29. The van der Waals surface area contributed by atoms with Crippen LogP contribution < -0.4 is 15.4 Å². The molecule has 1 aromatic heterocycles. The number of pyridine rings is 1. The first-order chi connectivity index (χ1) is 10.5. The standard InChI is InChI=1S/C14H16N4O3S/c1-15-22(20,21)13-6-4-11(5-7-13)9-17-14(19)18-12-3-2-8-16-10-12/h2-8,10,15H,9H2,1H3,(H2,17,18,19). The van der Waals surface area contributed by atoms with E-state index in [-0.39, 0.29) is 17.5 Å². The summed E-state index contributed by atoms with van der Waals surface area (Å²) in [6.45, 7) is 0.284. The number of benzene rings is 1. The number of nitrogens with one attached hydrogen (secondary N) is 3. The van der Waals surface area contributed by atoms with E-state index >= 15 is 0 Å². The van der Waals surface area contributed by atoms with Gasteiger partial charge in [-0.25, -0.2) is 17.9 Å². The highest BCUT2D eigenvalue weighted by Gasteiger charge is 2.10.